The summed E-state index contributed by atoms with van der Waals surface area (Å²) in [6, 6.07) is 6.12. The van der Waals surface area contributed by atoms with Crippen LogP contribution in [0.1, 0.15) is 35.2 Å². The molecule has 0 aliphatic carbocycles. The first-order valence-electron chi connectivity index (χ1n) is 9.94. The van der Waals surface area contributed by atoms with Gasteiger partial charge in [0.25, 0.3) is 0 Å². The van der Waals surface area contributed by atoms with E-state index in [1.165, 1.54) is 0 Å². The van der Waals surface area contributed by atoms with Gasteiger partial charge in [0, 0.05) is 24.2 Å². The largest absolute Gasteiger partial charge is 0.317 e. The summed E-state index contributed by atoms with van der Waals surface area (Å²) in [5, 5.41) is 20.6. The van der Waals surface area contributed by atoms with Gasteiger partial charge in [0.05, 0.1) is 30.4 Å². The number of hydrogen-bond acceptors (Lipinski definition) is 8. The Kier molecular flexibility index (Phi) is 4.75. The van der Waals surface area contributed by atoms with Crippen molar-refractivity contribution in [3.63, 3.8) is 0 Å². The Labute approximate surface area is 172 Å². The number of fused-ring (bicyclic) bond motifs is 1. The Bertz CT molecular complexity index is 1210. The molecule has 1 aromatic carbocycles. The van der Waals surface area contributed by atoms with Crippen LogP contribution in [0, 0.1) is 0 Å². The van der Waals surface area contributed by atoms with Crippen LogP contribution < -0.4 is 5.32 Å². The third-order valence-corrected chi connectivity index (χ3v) is 5.33. The number of rotatable bonds is 5. The summed E-state index contributed by atoms with van der Waals surface area (Å²) in [6.07, 6.45) is 7.37. The van der Waals surface area contributed by atoms with Crippen molar-refractivity contribution in [3.05, 3.63) is 48.3 Å². The molecule has 0 bridgehead atoms. The molecular formula is C20H21N9O. The number of hydrogen-bond donors (Lipinski definition) is 1. The predicted octanol–water partition coefficient (Wildman–Crippen LogP) is 1.37. The molecule has 4 aromatic rings. The van der Waals surface area contributed by atoms with E-state index < -0.39 is 0 Å². The molecule has 0 amide bonds. The lowest BCUT2D eigenvalue weighted by molar-refractivity contribution is 0.0986. The lowest BCUT2D eigenvalue weighted by Gasteiger charge is -2.22. The van der Waals surface area contributed by atoms with Gasteiger partial charge >= 0.3 is 0 Å². The quantitative estimate of drug-likeness (QED) is 0.497. The molecule has 3 aromatic heterocycles. The fraction of sp³-hybridized carbons (Fsp3) is 0.350. The summed E-state index contributed by atoms with van der Waals surface area (Å²) >= 11 is 0. The average Bonchev–Trinajstić information content (AvgIpc) is 3.43. The Morgan fingerprint density at radius 2 is 2.03 bits per heavy atom. The Balaban J connectivity index is 1.35. The maximum Gasteiger partial charge on any atom is 0.192 e. The second kappa shape index (κ2) is 7.71. The zero-order chi connectivity index (χ0) is 20.5. The van der Waals surface area contributed by atoms with Crippen molar-refractivity contribution in [2.24, 2.45) is 7.05 Å². The van der Waals surface area contributed by atoms with Gasteiger partial charge in [0.1, 0.15) is 17.2 Å². The lowest BCUT2D eigenvalue weighted by atomic mass is 10.1. The summed E-state index contributed by atoms with van der Waals surface area (Å²) < 4.78 is 3.46. The first kappa shape index (κ1) is 18.5. The monoisotopic (exact) mass is 403 g/mol. The topological polar surface area (TPSA) is 116 Å². The van der Waals surface area contributed by atoms with Gasteiger partial charge in [0.2, 0.25) is 0 Å². The highest BCUT2D eigenvalue weighted by molar-refractivity contribution is 5.95. The zero-order valence-electron chi connectivity index (χ0n) is 16.6. The number of carbonyl (C=O) groups excluding carboxylic acids is 1. The standard InChI is InChI=1S/C20H21N9O/c1-28-11-17(24-26-28)13-2-3-14-10-22-20(23-16(14)8-13)9-19(30)18-12-29(27-25-18)15-4-6-21-7-5-15/h2-3,8,10-12,15,21H,4-7,9H2,1H3. The molecule has 0 radical (unpaired) electrons. The van der Waals surface area contributed by atoms with Crippen molar-refractivity contribution < 1.29 is 4.79 Å². The summed E-state index contributed by atoms with van der Waals surface area (Å²) in [5.74, 6) is 0.319. The summed E-state index contributed by atoms with van der Waals surface area (Å²) in [6.45, 7) is 1.91. The molecule has 4 heterocycles. The van der Waals surface area contributed by atoms with E-state index in [2.05, 4.69) is 35.9 Å². The summed E-state index contributed by atoms with van der Waals surface area (Å²) in [4.78, 5) is 21.6. The van der Waals surface area contributed by atoms with Crippen molar-refractivity contribution in [3.8, 4) is 11.3 Å². The number of aryl methyl sites for hydroxylation is 1. The number of nitrogens with one attached hydrogen (secondary N) is 1. The van der Waals surface area contributed by atoms with Gasteiger partial charge < -0.3 is 5.32 Å². The highest BCUT2D eigenvalue weighted by atomic mass is 16.1. The van der Waals surface area contributed by atoms with Gasteiger partial charge in [0.15, 0.2) is 5.78 Å². The second-order valence-corrected chi connectivity index (χ2v) is 7.50. The Hall–Kier alpha value is -3.53. The molecule has 10 heteroatoms. The molecular weight excluding hydrogens is 382 g/mol. The van der Waals surface area contributed by atoms with E-state index in [-0.39, 0.29) is 18.2 Å². The van der Waals surface area contributed by atoms with Crippen molar-refractivity contribution >= 4 is 16.7 Å². The number of nitrogens with zero attached hydrogens (tertiary/aromatic N) is 8. The maximum atomic E-state index is 12.7. The van der Waals surface area contributed by atoms with E-state index in [0.29, 0.717) is 11.5 Å². The molecule has 1 saturated heterocycles. The maximum absolute atomic E-state index is 12.7. The van der Waals surface area contributed by atoms with Crippen LogP contribution in [0.2, 0.25) is 0 Å². The van der Waals surface area contributed by atoms with E-state index in [4.69, 9.17) is 0 Å². The van der Waals surface area contributed by atoms with Crippen molar-refractivity contribution in [2.45, 2.75) is 25.3 Å². The number of ketones is 1. The minimum atomic E-state index is -0.139. The lowest BCUT2D eigenvalue weighted by Crippen LogP contribution is -2.29. The zero-order valence-corrected chi connectivity index (χ0v) is 16.6. The number of Topliss-reactive ketones (excluding diaryl/α,β-unsaturated/α-hetero) is 1. The van der Waals surface area contributed by atoms with Crippen LogP contribution in [-0.2, 0) is 13.5 Å². The number of benzene rings is 1. The van der Waals surface area contributed by atoms with Crippen molar-refractivity contribution in [1.29, 1.82) is 0 Å². The first-order valence-corrected chi connectivity index (χ1v) is 9.94. The normalized spacial score (nSPS) is 15.0. The molecule has 0 spiro atoms. The van der Waals surface area contributed by atoms with Gasteiger partial charge in [-0.3, -0.25) is 9.48 Å². The highest BCUT2D eigenvalue weighted by Crippen LogP contribution is 2.22. The molecule has 1 fully saturated rings. The van der Waals surface area contributed by atoms with Crippen LogP contribution >= 0.6 is 0 Å². The number of carbonyl (C=O) groups is 1. The second-order valence-electron chi connectivity index (χ2n) is 7.50. The first-order chi connectivity index (χ1) is 14.7. The molecule has 0 saturated carbocycles. The summed E-state index contributed by atoms with van der Waals surface area (Å²) in [7, 11) is 1.82. The van der Waals surface area contributed by atoms with Gasteiger partial charge in [-0.1, -0.05) is 22.6 Å². The third-order valence-electron chi connectivity index (χ3n) is 5.33. The van der Waals surface area contributed by atoms with Crippen LogP contribution in [0.4, 0.5) is 0 Å². The molecule has 30 heavy (non-hydrogen) atoms. The Morgan fingerprint density at radius 1 is 1.17 bits per heavy atom. The molecule has 5 rings (SSSR count). The van der Waals surface area contributed by atoms with Gasteiger partial charge in [-0.25, -0.2) is 14.6 Å². The van der Waals surface area contributed by atoms with Crippen molar-refractivity contribution in [2.75, 3.05) is 13.1 Å². The minimum Gasteiger partial charge on any atom is -0.317 e. The number of piperidine rings is 1. The van der Waals surface area contributed by atoms with E-state index in [1.807, 2.05) is 36.1 Å². The van der Waals surface area contributed by atoms with Crippen molar-refractivity contribution in [1.82, 2.24) is 45.3 Å². The third kappa shape index (κ3) is 3.69. The van der Waals surface area contributed by atoms with E-state index >= 15 is 0 Å². The van der Waals surface area contributed by atoms with Gasteiger partial charge in [-0.2, -0.15) is 0 Å². The molecule has 1 N–H and O–H groups in total. The predicted molar refractivity (Wildman–Crippen MR) is 109 cm³/mol. The van der Waals surface area contributed by atoms with Gasteiger partial charge in [-0.15, -0.1) is 10.2 Å². The molecule has 0 unspecified atom stereocenters. The highest BCUT2D eigenvalue weighted by Gasteiger charge is 2.19. The molecule has 1 aliphatic heterocycles. The minimum absolute atomic E-state index is 0.0796. The molecule has 152 valence electrons. The van der Waals surface area contributed by atoms with Crippen LogP contribution in [0.5, 0.6) is 0 Å². The average molecular weight is 403 g/mol. The van der Waals surface area contributed by atoms with Crippen LogP contribution in [0.3, 0.4) is 0 Å². The van der Waals surface area contributed by atoms with Gasteiger partial charge in [-0.05, 0) is 32.0 Å². The molecule has 1 aliphatic rings. The molecule has 10 nitrogen and oxygen atoms in total. The SMILES string of the molecule is Cn1cc(-c2ccc3cnc(CC(=O)c4cn(C5CCNCC5)nn4)nc3c2)nn1. The van der Waals surface area contributed by atoms with Crippen LogP contribution in [-0.4, -0.2) is 58.8 Å². The fourth-order valence-electron chi connectivity index (χ4n) is 3.67. The number of aromatic nitrogens is 8. The fourth-order valence-corrected chi connectivity index (χ4v) is 3.67. The summed E-state index contributed by atoms with van der Waals surface area (Å²) in [5.41, 5.74) is 2.79. The van der Waals surface area contributed by atoms with Crippen LogP contribution in [0.25, 0.3) is 22.2 Å². The smallest absolute Gasteiger partial charge is 0.192 e. The van der Waals surface area contributed by atoms with E-state index in [1.54, 1.807) is 17.1 Å². The van der Waals surface area contributed by atoms with E-state index in [9.17, 15) is 4.79 Å². The van der Waals surface area contributed by atoms with Crippen LogP contribution in [0.15, 0.2) is 36.8 Å². The Morgan fingerprint density at radius 3 is 2.83 bits per heavy atom. The van der Waals surface area contributed by atoms with E-state index in [0.717, 1.165) is 48.1 Å². The molecule has 0 atom stereocenters.